The summed E-state index contributed by atoms with van der Waals surface area (Å²) in [5.41, 5.74) is 0. The number of hydrogen-bond donors (Lipinski definition) is 4. The molecule has 0 amide bonds. The first-order valence-electron chi connectivity index (χ1n) is 3.73. The SMILES string of the molecule is CCCC(=O)C(O)(O)[C@@H](O)CO. The van der Waals surface area contributed by atoms with Crippen molar-refractivity contribution in [3.05, 3.63) is 0 Å². The van der Waals surface area contributed by atoms with Gasteiger partial charge in [-0.2, -0.15) is 0 Å². The summed E-state index contributed by atoms with van der Waals surface area (Å²) in [6, 6.07) is 0. The second kappa shape index (κ2) is 4.51. The predicted molar refractivity (Wildman–Crippen MR) is 40.2 cm³/mol. The standard InChI is InChI=1S/C7H14O5/c1-2-3-5(9)7(11,12)6(10)4-8/h6,8,10-12H,2-4H2,1H3/t6-/m0/s1. The summed E-state index contributed by atoms with van der Waals surface area (Å²) >= 11 is 0. The quantitative estimate of drug-likeness (QED) is 0.380. The summed E-state index contributed by atoms with van der Waals surface area (Å²) in [4.78, 5) is 10.9. The maximum Gasteiger partial charge on any atom is 0.253 e. The highest BCUT2D eigenvalue weighted by molar-refractivity contribution is 5.85. The number of hydrogen-bond acceptors (Lipinski definition) is 5. The first-order chi connectivity index (χ1) is 5.46. The number of Topliss-reactive ketones (excluding diaryl/α,β-unsaturated/α-hetero) is 1. The van der Waals surface area contributed by atoms with Crippen LogP contribution >= 0.6 is 0 Å². The molecule has 0 aromatic carbocycles. The van der Waals surface area contributed by atoms with E-state index in [9.17, 15) is 4.79 Å². The molecule has 0 aliphatic carbocycles. The molecule has 0 unspecified atom stereocenters. The summed E-state index contributed by atoms with van der Waals surface area (Å²) < 4.78 is 0. The molecule has 0 aliphatic heterocycles. The largest absolute Gasteiger partial charge is 0.393 e. The molecule has 1 atom stereocenters. The normalized spacial score (nSPS) is 14.4. The second-order valence-electron chi connectivity index (χ2n) is 2.60. The van der Waals surface area contributed by atoms with Crippen LogP contribution < -0.4 is 0 Å². The molecule has 0 heterocycles. The lowest BCUT2D eigenvalue weighted by Gasteiger charge is -2.23. The molecule has 0 aromatic heterocycles. The van der Waals surface area contributed by atoms with Crippen LogP contribution in [-0.2, 0) is 4.79 Å². The van der Waals surface area contributed by atoms with E-state index in [1.165, 1.54) is 0 Å². The smallest absolute Gasteiger partial charge is 0.253 e. The van der Waals surface area contributed by atoms with E-state index < -0.39 is 24.3 Å². The van der Waals surface area contributed by atoms with Crippen molar-refractivity contribution >= 4 is 5.78 Å². The summed E-state index contributed by atoms with van der Waals surface area (Å²) in [6.45, 7) is 0.835. The minimum atomic E-state index is -2.81. The van der Waals surface area contributed by atoms with Crippen LogP contribution in [0.1, 0.15) is 19.8 Å². The molecule has 12 heavy (non-hydrogen) atoms. The van der Waals surface area contributed by atoms with Crippen LogP contribution in [0, 0.1) is 0 Å². The fourth-order valence-corrected chi connectivity index (χ4v) is 0.724. The van der Waals surface area contributed by atoms with Gasteiger partial charge in [0.2, 0.25) is 0 Å². The first kappa shape index (κ1) is 11.5. The molecule has 0 rings (SSSR count). The average Bonchev–Trinajstić information content (AvgIpc) is 2.03. The molecule has 0 saturated carbocycles. The number of carbonyl (C=O) groups is 1. The third kappa shape index (κ3) is 2.53. The topological polar surface area (TPSA) is 98.0 Å². The number of rotatable bonds is 5. The Bertz CT molecular complexity index is 154. The van der Waals surface area contributed by atoms with Crippen LogP contribution in [0.5, 0.6) is 0 Å². The third-order valence-electron chi connectivity index (χ3n) is 1.53. The van der Waals surface area contributed by atoms with Gasteiger partial charge in [-0.25, -0.2) is 0 Å². The van der Waals surface area contributed by atoms with E-state index in [0.717, 1.165) is 0 Å². The van der Waals surface area contributed by atoms with Crippen molar-refractivity contribution < 1.29 is 25.2 Å². The van der Waals surface area contributed by atoms with Crippen molar-refractivity contribution in [2.75, 3.05) is 6.61 Å². The Balaban J connectivity index is 4.27. The van der Waals surface area contributed by atoms with Gasteiger partial charge >= 0.3 is 0 Å². The lowest BCUT2D eigenvalue weighted by molar-refractivity contribution is -0.225. The molecule has 0 radical (unpaired) electrons. The number of aliphatic hydroxyl groups excluding tert-OH is 2. The fraction of sp³-hybridized carbons (Fsp3) is 0.857. The number of carbonyl (C=O) groups excluding carboxylic acids is 1. The summed E-state index contributed by atoms with van der Waals surface area (Å²) in [6.07, 6.45) is -1.42. The van der Waals surface area contributed by atoms with E-state index in [-0.39, 0.29) is 6.42 Å². The van der Waals surface area contributed by atoms with E-state index in [1.54, 1.807) is 6.92 Å². The Morgan fingerprint density at radius 2 is 2.00 bits per heavy atom. The first-order valence-corrected chi connectivity index (χ1v) is 3.73. The van der Waals surface area contributed by atoms with Gasteiger partial charge in [0.15, 0.2) is 5.78 Å². The molecule has 0 saturated heterocycles. The minimum absolute atomic E-state index is 0.0376. The van der Waals surface area contributed by atoms with Gasteiger partial charge in [0.1, 0.15) is 6.10 Å². The van der Waals surface area contributed by atoms with Crippen LogP contribution in [0.2, 0.25) is 0 Å². The van der Waals surface area contributed by atoms with Crippen LogP contribution in [0.15, 0.2) is 0 Å². The second-order valence-corrected chi connectivity index (χ2v) is 2.60. The molecule has 0 bridgehead atoms. The Morgan fingerprint density at radius 1 is 1.50 bits per heavy atom. The van der Waals surface area contributed by atoms with Crippen LogP contribution in [-0.4, -0.2) is 44.7 Å². The average molecular weight is 178 g/mol. The Kier molecular flexibility index (Phi) is 4.33. The monoisotopic (exact) mass is 178 g/mol. The lowest BCUT2D eigenvalue weighted by Crippen LogP contribution is -2.51. The molecule has 0 fully saturated rings. The molecule has 0 aliphatic rings. The zero-order valence-electron chi connectivity index (χ0n) is 6.90. The highest BCUT2D eigenvalue weighted by atomic mass is 16.5. The van der Waals surface area contributed by atoms with E-state index in [0.29, 0.717) is 6.42 Å². The molecule has 5 nitrogen and oxygen atoms in total. The van der Waals surface area contributed by atoms with Gasteiger partial charge in [-0.15, -0.1) is 0 Å². The lowest BCUT2D eigenvalue weighted by atomic mass is 10.0. The van der Waals surface area contributed by atoms with Crippen LogP contribution in [0.25, 0.3) is 0 Å². The van der Waals surface area contributed by atoms with Crippen LogP contribution in [0.3, 0.4) is 0 Å². The Morgan fingerprint density at radius 3 is 2.33 bits per heavy atom. The molecular formula is C7H14O5. The zero-order chi connectivity index (χ0) is 9.78. The van der Waals surface area contributed by atoms with Crippen molar-refractivity contribution in [1.29, 1.82) is 0 Å². The zero-order valence-corrected chi connectivity index (χ0v) is 6.90. The summed E-state index contributed by atoms with van der Waals surface area (Å²) in [5, 5.41) is 35.1. The maximum absolute atomic E-state index is 10.9. The third-order valence-corrected chi connectivity index (χ3v) is 1.53. The number of ketones is 1. The fourth-order valence-electron chi connectivity index (χ4n) is 0.724. The Hall–Kier alpha value is -0.490. The van der Waals surface area contributed by atoms with Crippen molar-refractivity contribution in [2.45, 2.75) is 31.7 Å². The minimum Gasteiger partial charge on any atom is -0.393 e. The Labute approximate surface area is 70.3 Å². The highest BCUT2D eigenvalue weighted by Gasteiger charge is 2.39. The van der Waals surface area contributed by atoms with Gasteiger partial charge in [0.25, 0.3) is 5.79 Å². The van der Waals surface area contributed by atoms with Gasteiger partial charge in [-0.05, 0) is 6.42 Å². The van der Waals surface area contributed by atoms with E-state index in [4.69, 9.17) is 20.4 Å². The highest BCUT2D eigenvalue weighted by Crippen LogP contribution is 2.11. The van der Waals surface area contributed by atoms with Crippen molar-refractivity contribution in [3.8, 4) is 0 Å². The maximum atomic E-state index is 10.9. The molecule has 4 N–H and O–H groups in total. The van der Waals surface area contributed by atoms with Gasteiger partial charge in [0.05, 0.1) is 6.61 Å². The van der Waals surface area contributed by atoms with E-state index in [1.807, 2.05) is 0 Å². The number of aliphatic hydroxyl groups is 4. The van der Waals surface area contributed by atoms with Crippen LogP contribution in [0.4, 0.5) is 0 Å². The summed E-state index contributed by atoms with van der Waals surface area (Å²) in [5.74, 6) is -3.70. The van der Waals surface area contributed by atoms with Gasteiger partial charge in [-0.1, -0.05) is 6.92 Å². The molecule has 72 valence electrons. The summed E-state index contributed by atoms with van der Waals surface area (Å²) in [7, 11) is 0. The molecular weight excluding hydrogens is 164 g/mol. The van der Waals surface area contributed by atoms with E-state index >= 15 is 0 Å². The van der Waals surface area contributed by atoms with Gasteiger partial charge in [0, 0.05) is 6.42 Å². The molecule has 0 spiro atoms. The van der Waals surface area contributed by atoms with Gasteiger partial charge < -0.3 is 20.4 Å². The van der Waals surface area contributed by atoms with Crippen molar-refractivity contribution in [1.82, 2.24) is 0 Å². The predicted octanol–water partition coefficient (Wildman–Crippen LogP) is -1.61. The van der Waals surface area contributed by atoms with Gasteiger partial charge in [-0.3, -0.25) is 4.79 Å². The molecule has 5 heteroatoms. The van der Waals surface area contributed by atoms with Crippen molar-refractivity contribution in [3.63, 3.8) is 0 Å². The molecule has 0 aromatic rings. The van der Waals surface area contributed by atoms with E-state index in [2.05, 4.69) is 0 Å². The van der Waals surface area contributed by atoms with Crippen molar-refractivity contribution in [2.24, 2.45) is 0 Å².